The van der Waals surface area contributed by atoms with Gasteiger partial charge in [-0.2, -0.15) is 22.0 Å². The largest absolute Gasteiger partial charge is 0.487 e. The van der Waals surface area contributed by atoms with E-state index in [0.717, 1.165) is 17.5 Å². The lowest BCUT2D eigenvalue weighted by Crippen LogP contribution is -2.41. The van der Waals surface area contributed by atoms with Crippen LogP contribution in [-0.4, -0.2) is 30.2 Å². The zero-order valence-corrected chi connectivity index (χ0v) is 17.3. The molecule has 1 heterocycles. The van der Waals surface area contributed by atoms with Crippen LogP contribution < -0.4 is 10.1 Å². The van der Waals surface area contributed by atoms with Gasteiger partial charge in [-0.15, -0.1) is 0 Å². The van der Waals surface area contributed by atoms with Crippen LogP contribution in [0.25, 0.3) is 10.9 Å². The standard InChI is InChI=1S/C23H25F5N2O/c1-15(2)17-6-7-21-20(11-17)18(13-30-21)8-9-29-12-16-4-3-5-19(10-16)31-14-22(24,25)23(26,27)28/h3-7,10-11,13,15,29-30H,8-9,12,14H2,1-2H3. The summed E-state index contributed by atoms with van der Waals surface area (Å²) in [5.41, 5.74) is 4.28. The summed E-state index contributed by atoms with van der Waals surface area (Å²) in [4.78, 5) is 3.27. The van der Waals surface area contributed by atoms with Crippen molar-refractivity contribution in [2.75, 3.05) is 13.2 Å². The van der Waals surface area contributed by atoms with Crippen molar-refractivity contribution in [2.45, 2.75) is 44.8 Å². The molecule has 0 radical (unpaired) electrons. The maximum atomic E-state index is 13.0. The van der Waals surface area contributed by atoms with E-state index in [1.54, 1.807) is 12.1 Å². The van der Waals surface area contributed by atoms with Crippen molar-refractivity contribution in [3.8, 4) is 5.75 Å². The number of benzene rings is 2. The summed E-state index contributed by atoms with van der Waals surface area (Å²) in [6.45, 7) is 3.67. The minimum absolute atomic E-state index is 0.0268. The van der Waals surface area contributed by atoms with Crippen LogP contribution in [0.2, 0.25) is 0 Å². The van der Waals surface area contributed by atoms with Crippen molar-refractivity contribution in [3.05, 3.63) is 65.4 Å². The highest BCUT2D eigenvalue weighted by atomic mass is 19.4. The normalized spacial score (nSPS) is 12.6. The third-order valence-corrected chi connectivity index (χ3v) is 5.09. The second-order valence-electron chi connectivity index (χ2n) is 7.84. The molecule has 8 heteroatoms. The van der Waals surface area contributed by atoms with Crippen molar-refractivity contribution in [3.63, 3.8) is 0 Å². The van der Waals surface area contributed by atoms with Gasteiger partial charge in [0, 0.05) is 23.6 Å². The first-order valence-corrected chi connectivity index (χ1v) is 10.0. The summed E-state index contributed by atoms with van der Waals surface area (Å²) in [6.07, 6.45) is -2.86. The van der Waals surface area contributed by atoms with Gasteiger partial charge in [-0.3, -0.25) is 0 Å². The van der Waals surface area contributed by atoms with Gasteiger partial charge in [0.25, 0.3) is 0 Å². The Labute approximate surface area is 177 Å². The number of aromatic amines is 1. The predicted octanol–water partition coefficient (Wildman–Crippen LogP) is 6.20. The molecule has 31 heavy (non-hydrogen) atoms. The van der Waals surface area contributed by atoms with Crippen LogP contribution in [0.1, 0.15) is 36.5 Å². The van der Waals surface area contributed by atoms with E-state index in [1.807, 2.05) is 6.20 Å². The van der Waals surface area contributed by atoms with Gasteiger partial charge >= 0.3 is 12.1 Å². The molecule has 3 aromatic rings. The highest BCUT2D eigenvalue weighted by Gasteiger charge is 2.58. The molecule has 0 amide bonds. The number of ether oxygens (including phenoxy) is 1. The molecule has 0 unspecified atom stereocenters. The van der Waals surface area contributed by atoms with Crippen LogP contribution >= 0.6 is 0 Å². The molecule has 3 nitrogen and oxygen atoms in total. The minimum atomic E-state index is -5.63. The summed E-state index contributed by atoms with van der Waals surface area (Å²) in [6, 6.07) is 12.5. The molecule has 2 aromatic carbocycles. The summed E-state index contributed by atoms with van der Waals surface area (Å²) >= 11 is 0. The molecular formula is C23H25F5N2O. The number of nitrogens with one attached hydrogen (secondary N) is 2. The Bertz CT molecular complexity index is 1010. The number of alkyl halides is 5. The molecule has 0 aliphatic rings. The summed E-state index contributed by atoms with van der Waals surface area (Å²) < 4.78 is 67.5. The molecule has 0 aliphatic carbocycles. The van der Waals surface area contributed by atoms with Crippen LogP contribution in [0.5, 0.6) is 5.75 Å². The summed E-state index contributed by atoms with van der Waals surface area (Å²) in [5, 5.41) is 4.46. The Morgan fingerprint density at radius 2 is 1.81 bits per heavy atom. The fourth-order valence-corrected chi connectivity index (χ4v) is 3.22. The number of aromatic nitrogens is 1. The second-order valence-corrected chi connectivity index (χ2v) is 7.84. The highest BCUT2D eigenvalue weighted by molar-refractivity contribution is 5.84. The topological polar surface area (TPSA) is 37.0 Å². The Balaban J connectivity index is 1.53. The lowest BCUT2D eigenvalue weighted by Gasteiger charge is -2.20. The average Bonchev–Trinajstić information content (AvgIpc) is 3.11. The van der Waals surface area contributed by atoms with Crippen molar-refractivity contribution < 1.29 is 26.7 Å². The average molecular weight is 440 g/mol. The van der Waals surface area contributed by atoms with E-state index in [0.29, 0.717) is 19.0 Å². The Morgan fingerprint density at radius 1 is 1.03 bits per heavy atom. The Kier molecular flexibility index (Phi) is 6.89. The van der Waals surface area contributed by atoms with Crippen molar-refractivity contribution in [2.24, 2.45) is 0 Å². The molecule has 168 valence electrons. The monoisotopic (exact) mass is 440 g/mol. The van der Waals surface area contributed by atoms with Gasteiger partial charge in [0.1, 0.15) is 5.75 Å². The van der Waals surface area contributed by atoms with Crippen molar-refractivity contribution in [1.29, 1.82) is 0 Å². The molecule has 0 atom stereocenters. The van der Waals surface area contributed by atoms with Crippen LogP contribution in [0, 0.1) is 0 Å². The SMILES string of the molecule is CC(C)c1ccc2[nH]cc(CCNCc3cccc(OCC(F)(F)C(F)(F)F)c3)c2c1. The number of H-pyrrole nitrogens is 1. The Hall–Kier alpha value is -2.61. The fourth-order valence-electron chi connectivity index (χ4n) is 3.22. The Morgan fingerprint density at radius 3 is 2.52 bits per heavy atom. The third-order valence-electron chi connectivity index (χ3n) is 5.09. The molecule has 1 aromatic heterocycles. The van der Waals surface area contributed by atoms with Gasteiger partial charge in [-0.25, -0.2) is 0 Å². The van der Waals surface area contributed by atoms with Gasteiger partial charge in [-0.05, 0) is 59.8 Å². The maximum Gasteiger partial charge on any atom is 0.456 e. The summed E-state index contributed by atoms with van der Waals surface area (Å²) in [7, 11) is 0. The van der Waals surface area contributed by atoms with Gasteiger partial charge in [0.2, 0.25) is 0 Å². The zero-order chi connectivity index (χ0) is 22.6. The van der Waals surface area contributed by atoms with E-state index in [-0.39, 0.29) is 5.75 Å². The third kappa shape index (κ3) is 5.76. The molecule has 3 rings (SSSR count). The smallest absolute Gasteiger partial charge is 0.456 e. The molecule has 0 fully saturated rings. The van der Waals surface area contributed by atoms with Crippen LogP contribution in [-0.2, 0) is 13.0 Å². The number of hydrogen-bond donors (Lipinski definition) is 2. The first-order chi connectivity index (χ1) is 14.6. The molecule has 2 N–H and O–H groups in total. The fraction of sp³-hybridized carbons (Fsp3) is 0.391. The van der Waals surface area contributed by atoms with Crippen molar-refractivity contribution >= 4 is 10.9 Å². The number of fused-ring (bicyclic) bond motifs is 1. The van der Waals surface area contributed by atoms with E-state index in [2.05, 4.69) is 47.1 Å². The van der Waals surface area contributed by atoms with Crippen LogP contribution in [0.4, 0.5) is 22.0 Å². The molecule has 0 bridgehead atoms. The molecule has 0 saturated carbocycles. The lowest BCUT2D eigenvalue weighted by atomic mass is 10.00. The number of halogens is 5. The van der Waals surface area contributed by atoms with Crippen LogP contribution in [0.15, 0.2) is 48.7 Å². The van der Waals surface area contributed by atoms with E-state index >= 15 is 0 Å². The van der Waals surface area contributed by atoms with E-state index in [4.69, 9.17) is 0 Å². The highest BCUT2D eigenvalue weighted by Crippen LogP contribution is 2.35. The van der Waals surface area contributed by atoms with Gasteiger partial charge < -0.3 is 15.0 Å². The lowest BCUT2D eigenvalue weighted by molar-refractivity contribution is -0.290. The maximum absolute atomic E-state index is 13.0. The first-order valence-electron chi connectivity index (χ1n) is 10.0. The van der Waals surface area contributed by atoms with Crippen molar-refractivity contribution in [1.82, 2.24) is 10.3 Å². The van der Waals surface area contributed by atoms with E-state index in [9.17, 15) is 22.0 Å². The summed E-state index contributed by atoms with van der Waals surface area (Å²) in [5.74, 6) is -4.48. The predicted molar refractivity (Wildman–Crippen MR) is 111 cm³/mol. The first kappa shape index (κ1) is 23.1. The molecule has 0 spiro atoms. The van der Waals surface area contributed by atoms with Gasteiger partial charge in [-0.1, -0.05) is 32.0 Å². The van der Waals surface area contributed by atoms with E-state index < -0.39 is 18.7 Å². The van der Waals surface area contributed by atoms with Gasteiger partial charge in [0.15, 0.2) is 6.61 Å². The minimum Gasteiger partial charge on any atom is -0.487 e. The molecule has 0 saturated heterocycles. The molecular weight excluding hydrogens is 415 g/mol. The van der Waals surface area contributed by atoms with E-state index in [1.165, 1.54) is 28.6 Å². The number of rotatable bonds is 9. The molecule has 0 aliphatic heterocycles. The second kappa shape index (κ2) is 9.26. The number of hydrogen-bond acceptors (Lipinski definition) is 2. The van der Waals surface area contributed by atoms with Crippen LogP contribution in [0.3, 0.4) is 0 Å². The van der Waals surface area contributed by atoms with Gasteiger partial charge in [0.05, 0.1) is 0 Å². The quantitative estimate of drug-likeness (QED) is 0.307. The zero-order valence-electron chi connectivity index (χ0n) is 17.3.